The maximum absolute atomic E-state index is 4.57. The van der Waals surface area contributed by atoms with Gasteiger partial charge in [-0.25, -0.2) is 0 Å². The van der Waals surface area contributed by atoms with Crippen LogP contribution in [0.25, 0.3) is 0 Å². The van der Waals surface area contributed by atoms with E-state index in [-0.39, 0.29) is 5.41 Å². The summed E-state index contributed by atoms with van der Waals surface area (Å²) < 4.78 is 3.71. The number of nitrogens with one attached hydrogen (secondary N) is 1. The average Bonchev–Trinajstić information content (AvgIpc) is 2.85. The molecule has 0 aliphatic heterocycles. The average molecular weight is 261 g/mol. The minimum absolute atomic E-state index is 0.0760. The third kappa shape index (κ3) is 3.44. The molecule has 5 nitrogen and oxygen atoms in total. The van der Waals surface area contributed by atoms with Crippen molar-refractivity contribution in [3.8, 4) is 0 Å². The van der Waals surface area contributed by atoms with E-state index in [1.165, 1.54) is 11.1 Å². The van der Waals surface area contributed by atoms with E-state index in [4.69, 9.17) is 0 Å². The minimum atomic E-state index is 0.0760. The molecule has 2 aromatic rings. The molecule has 1 N–H and O–H groups in total. The van der Waals surface area contributed by atoms with Gasteiger partial charge in [0.15, 0.2) is 0 Å². The van der Waals surface area contributed by atoms with Gasteiger partial charge in [-0.15, -0.1) is 0 Å². The summed E-state index contributed by atoms with van der Waals surface area (Å²) in [4.78, 5) is 0. The van der Waals surface area contributed by atoms with E-state index in [1.807, 2.05) is 35.9 Å². The van der Waals surface area contributed by atoms with E-state index < -0.39 is 0 Å². The van der Waals surface area contributed by atoms with Gasteiger partial charge < -0.3 is 5.32 Å². The Labute approximate surface area is 114 Å². The largest absolute Gasteiger partial charge is 0.308 e. The Morgan fingerprint density at radius 3 is 2.42 bits per heavy atom. The van der Waals surface area contributed by atoms with Crippen LogP contribution in [0.3, 0.4) is 0 Å². The number of rotatable bonds is 4. The molecule has 104 valence electrons. The molecule has 5 heteroatoms. The standard InChI is InChI=1S/C14H23N5/c1-14(2,3)13-12(10-19(5)17-13)8-15-6-11-7-16-18(4)9-11/h7,9-10,15H,6,8H2,1-5H3. The van der Waals surface area contributed by atoms with Crippen LogP contribution in [0.2, 0.25) is 0 Å². The van der Waals surface area contributed by atoms with Crippen LogP contribution in [0, 0.1) is 0 Å². The van der Waals surface area contributed by atoms with E-state index >= 15 is 0 Å². The molecule has 19 heavy (non-hydrogen) atoms. The fraction of sp³-hybridized carbons (Fsp3) is 0.571. The second kappa shape index (κ2) is 5.17. The Kier molecular flexibility index (Phi) is 3.75. The maximum Gasteiger partial charge on any atom is 0.0722 e. The molecule has 2 aromatic heterocycles. The van der Waals surface area contributed by atoms with Crippen molar-refractivity contribution < 1.29 is 0 Å². The lowest BCUT2D eigenvalue weighted by atomic mass is 9.89. The first-order chi connectivity index (χ1) is 8.86. The van der Waals surface area contributed by atoms with Crippen molar-refractivity contribution in [2.24, 2.45) is 14.1 Å². The smallest absolute Gasteiger partial charge is 0.0722 e. The fourth-order valence-corrected chi connectivity index (χ4v) is 2.20. The van der Waals surface area contributed by atoms with Gasteiger partial charge in [-0.05, 0) is 0 Å². The van der Waals surface area contributed by atoms with Crippen LogP contribution >= 0.6 is 0 Å². The number of aryl methyl sites for hydroxylation is 2. The Balaban J connectivity index is 2.00. The van der Waals surface area contributed by atoms with Gasteiger partial charge in [0.2, 0.25) is 0 Å². The second-order valence-corrected chi connectivity index (χ2v) is 6.05. The normalized spacial score (nSPS) is 12.1. The van der Waals surface area contributed by atoms with Crippen LogP contribution in [0.1, 0.15) is 37.6 Å². The summed E-state index contributed by atoms with van der Waals surface area (Å²) in [6.45, 7) is 8.24. The van der Waals surface area contributed by atoms with Crippen LogP contribution in [-0.4, -0.2) is 19.6 Å². The quantitative estimate of drug-likeness (QED) is 0.912. The molecule has 0 saturated carbocycles. The number of hydrogen-bond acceptors (Lipinski definition) is 3. The van der Waals surface area contributed by atoms with Crippen LogP contribution in [0.15, 0.2) is 18.6 Å². The van der Waals surface area contributed by atoms with E-state index in [9.17, 15) is 0 Å². The first-order valence-corrected chi connectivity index (χ1v) is 6.57. The highest BCUT2D eigenvalue weighted by Gasteiger charge is 2.21. The molecule has 0 bridgehead atoms. The maximum atomic E-state index is 4.57. The molecular formula is C14H23N5. The fourth-order valence-electron chi connectivity index (χ4n) is 2.20. The molecule has 2 heterocycles. The lowest BCUT2D eigenvalue weighted by Gasteiger charge is -2.17. The van der Waals surface area contributed by atoms with Crippen molar-refractivity contribution in [2.45, 2.75) is 39.3 Å². The molecular weight excluding hydrogens is 238 g/mol. The van der Waals surface area contributed by atoms with Crippen molar-refractivity contribution in [1.29, 1.82) is 0 Å². The predicted molar refractivity (Wildman–Crippen MR) is 75.7 cm³/mol. The molecule has 2 rings (SSSR count). The zero-order valence-electron chi connectivity index (χ0n) is 12.4. The third-order valence-electron chi connectivity index (χ3n) is 3.02. The van der Waals surface area contributed by atoms with Crippen LogP contribution < -0.4 is 5.32 Å². The second-order valence-electron chi connectivity index (χ2n) is 6.05. The van der Waals surface area contributed by atoms with Gasteiger partial charge >= 0.3 is 0 Å². The highest BCUT2D eigenvalue weighted by molar-refractivity contribution is 5.24. The van der Waals surface area contributed by atoms with Gasteiger partial charge in [-0.2, -0.15) is 10.2 Å². The molecule has 0 unspecified atom stereocenters. The molecule has 0 aliphatic carbocycles. The summed E-state index contributed by atoms with van der Waals surface area (Å²) in [5.74, 6) is 0. The van der Waals surface area contributed by atoms with Crippen molar-refractivity contribution in [3.05, 3.63) is 35.4 Å². The van der Waals surface area contributed by atoms with E-state index in [0.717, 1.165) is 18.8 Å². The van der Waals surface area contributed by atoms with Gasteiger partial charge in [0, 0.05) is 56.1 Å². The lowest BCUT2D eigenvalue weighted by molar-refractivity contribution is 0.543. The summed E-state index contributed by atoms with van der Waals surface area (Å²) in [7, 11) is 3.90. The molecule has 0 radical (unpaired) electrons. The highest BCUT2D eigenvalue weighted by Crippen LogP contribution is 2.23. The SMILES string of the molecule is Cn1cc(CNCc2cn(C)nc2C(C)(C)C)cn1. The van der Waals surface area contributed by atoms with Crippen LogP contribution in [0.5, 0.6) is 0 Å². The lowest BCUT2D eigenvalue weighted by Crippen LogP contribution is -2.19. The van der Waals surface area contributed by atoms with E-state index in [0.29, 0.717) is 0 Å². The first-order valence-electron chi connectivity index (χ1n) is 6.57. The van der Waals surface area contributed by atoms with Crippen LogP contribution in [-0.2, 0) is 32.6 Å². The Morgan fingerprint density at radius 2 is 1.84 bits per heavy atom. The summed E-state index contributed by atoms with van der Waals surface area (Å²) in [6, 6.07) is 0. The van der Waals surface area contributed by atoms with Gasteiger partial charge in [0.1, 0.15) is 0 Å². The zero-order valence-corrected chi connectivity index (χ0v) is 12.4. The molecule has 0 saturated heterocycles. The number of nitrogens with zero attached hydrogens (tertiary/aromatic N) is 4. The van der Waals surface area contributed by atoms with Crippen molar-refractivity contribution in [3.63, 3.8) is 0 Å². The van der Waals surface area contributed by atoms with Gasteiger partial charge in [0.25, 0.3) is 0 Å². The zero-order chi connectivity index (χ0) is 14.0. The van der Waals surface area contributed by atoms with Gasteiger partial charge in [0.05, 0.1) is 11.9 Å². The highest BCUT2D eigenvalue weighted by atomic mass is 15.3. The molecule has 0 fully saturated rings. The topological polar surface area (TPSA) is 47.7 Å². The molecule has 0 aromatic carbocycles. The van der Waals surface area contributed by atoms with Crippen LogP contribution in [0.4, 0.5) is 0 Å². The van der Waals surface area contributed by atoms with Gasteiger partial charge in [-0.1, -0.05) is 20.8 Å². The molecule has 0 atom stereocenters. The number of aromatic nitrogens is 4. The van der Waals surface area contributed by atoms with E-state index in [2.05, 4.69) is 42.5 Å². The summed E-state index contributed by atoms with van der Waals surface area (Å²) in [5, 5.41) is 12.2. The number of hydrogen-bond donors (Lipinski definition) is 1. The summed E-state index contributed by atoms with van der Waals surface area (Å²) in [5.41, 5.74) is 3.70. The van der Waals surface area contributed by atoms with Crippen molar-refractivity contribution in [2.75, 3.05) is 0 Å². The summed E-state index contributed by atoms with van der Waals surface area (Å²) >= 11 is 0. The predicted octanol–water partition coefficient (Wildman–Crippen LogP) is 1.74. The third-order valence-corrected chi connectivity index (χ3v) is 3.02. The van der Waals surface area contributed by atoms with E-state index in [1.54, 1.807) is 0 Å². The van der Waals surface area contributed by atoms with Crippen molar-refractivity contribution >= 4 is 0 Å². The van der Waals surface area contributed by atoms with Crippen molar-refractivity contribution in [1.82, 2.24) is 24.9 Å². The molecule has 0 aliphatic rings. The Morgan fingerprint density at radius 1 is 1.11 bits per heavy atom. The first kappa shape index (κ1) is 13.8. The minimum Gasteiger partial charge on any atom is -0.308 e. The van der Waals surface area contributed by atoms with Gasteiger partial charge in [-0.3, -0.25) is 9.36 Å². The molecule has 0 amide bonds. The summed E-state index contributed by atoms with van der Waals surface area (Å²) in [6.07, 6.45) is 6.01. The Bertz CT molecular complexity index is 544. The monoisotopic (exact) mass is 261 g/mol. The Hall–Kier alpha value is -1.62. The molecule has 0 spiro atoms.